The highest BCUT2D eigenvalue weighted by Gasteiger charge is 2.13. The molecule has 2 rings (SSSR count). The zero-order chi connectivity index (χ0) is 13.7. The van der Waals surface area contributed by atoms with Crippen LogP contribution in [0.2, 0.25) is 0 Å². The van der Waals surface area contributed by atoms with Crippen LogP contribution in [0.4, 0.5) is 11.5 Å². The normalized spacial score (nSPS) is 9.95. The molecule has 0 saturated heterocycles. The molecule has 2 aromatic rings. The van der Waals surface area contributed by atoms with Crippen LogP contribution in [0.15, 0.2) is 36.7 Å². The van der Waals surface area contributed by atoms with E-state index in [0.717, 1.165) is 5.56 Å². The minimum atomic E-state index is -0.518. The van der Waals surface area contributed by atoms with Crippen molar-refractivity contribution in [3.05, 3.63) is 52.3 Å². The van der Waals surface area contributed by atoms with Gasteiger partial charge in [0, 0.05) is 18.8 Å². The van der Waals surface area contributed by atoms with E-state index in [-0.39, 0.29) is 5.82 Å². The van der Waals surface area contributed by atoms with Gasteiger partial charge in [-0.3, -0.25) is 0 Å². The van der Waals surface area contributed by atoms with Gasteiger partial charge >= 0.3 is 5.82 Å². The molecule has 0 spiro atoms. The lowest BCUT2D eigenvalue weighted by Gasteiger charge is -2.07. The number of aromatic nitrogens is 2. The summed E-state index contributed by atoms with van der Waals surface area (Å²) in [6, 6.07) is 6.82. The highest BCUT2D eigenvalue weighted by Crippen LogP contribution is 2.21. The molecule has 98 valence electrons. The third-order valence-electron chi connectivity index (χ3n) is 2.45. The number of hydrogen-bond acceptors (Lipinski definition) is 6. The molecule has 0 aliphatic carbocycles. The Morgan fingerprint density at radius 2 is 2.21 bits per heavy atom. The second kappa shape index (κ2) is 5.76. The van der Waals surface area contributed by atoms with E-state index >= 15 is 0 Å². The summed E-state index contributed by atoms with van der Waals surface area (Å²) >= 11 is 0. The maximum absolute atomic E-state index is 10.8. The third-order valence-corrected chi connectivity index (χ3v) is 2.45. The van der Waals surface area contributed by atoms with Crippen LogP contribution in [-0.4, -0.2) is 22.0 Å². The first kappa shape index (κ1) is 12.7. The molecule has 0 aromatic carbocycles. The Kier molecular flexibility index (Phi) is 3.87. The maximum atomic E-state index is 10.8. The largest absolute Gasteiger partial charge is 0.481 e. The Morgan fingerprint density at radius 3 is 2.95 bits per heavy atom. The first-order valence-electron chi connectivity index (χ1n) is 5.53. The summed E-state index contributed by atoms with van der Waals surface area (Å²) < 4.78 is 5.01. The molecule has 19 heavy (non-hydrogen) atoms. The van der Waals surface area contributed by atoms with Crippen LogP contribution in [0.3, 0.4) is 0 Å². The molecule has 1 N–H and O–H groups in total. The molecule has 0 fully saturated rings. The van der Waals surface area contributed by atoms with Crippen molar-refractivity contribution in [2.24, 2.45) is 0 Å². The fourth-order valence-electron chi connectivity index (χ4n) is 1.55. The van der Waals surface area contributed by atoms with Crippen LogP contribution in [0.5, 0.6) is 5.88 Å². The number of nitrogens with zero attached hydrogens (tertiary/aromatic N) is 3. The van der Waals surface area contributed by atoms with Crippen molar-refractivity contribution in [1.82, 2.24) is 9.97 Å². The summed E-state index contributed by atoms with van der Waals surface area (Å²) in [5.74, 6) is 0.309. The number of ether oxygens (including phenoxy) is 1. The van der Waals surface area contributed by atoms with Gasteiger partial charge in [0.2, 0.25) is 5.88 Å². The minimum absolute atomic E-state index is 0.191. The molecule has 7 heteroatoms. The summed E-state index contributed by atoms with van der Waals surface area (Å²) in [5.41, 5.74) is 1.29. The Labute approximate surface area is 109 Å². The number of anilines is 1. The van der Waals surface area contributed by atoms with Crippen molar-refractivity contribution < 1.29 is 9.66 Å². The Balaban J connectivity index is 2.12. The van der Waals surface area contributed by atoms with Crippen molar-refractivity contribution in [1.29, 1.82) is 0 Å². The second-order valence-corrected chi connectivity index (χ2v) is 3.69. The van der Waals surface area contributed by atoms with E-state index in [1.807, 2.05) is 0 Å². The van der Waals surface area contributed by atoms with Crippen molar-refractivity contribution in [2.45, 2.75) is 6.54 Å². The first-order valence-corrected chi connectivity index (χ1v) is 5.53. The molecule has 0 atom stereocenters. The summed E-state index contributed by atoms with van der Waals surface area (Å²) in [4.78, 5) is 18.0. The van der Waals surface area contributed by atoms with Crippen LogP contribution >= 0.6 is 0 Å². The van der Waals surface area contributed by atoms with Crippen molar-refractivity contribution in [2.75, 3.05) is 12.4 Å². The molecule has 0 bridgehead atoms. The monoisotopic (exact) mass is 260 g/mol. The molecule has 2 heterocycles. The summed E-state index contributed by atoms with van der Waals surface area (Å²) in [6.07, 6.45) is 3.01. The van der Waals surface area contributed by atoms with Gasteiger partial charge in [-0.1, -0.05) is 0 Å². The fraction of sp³-hybridized carbons (Fsp3) is 0.167. The Bertz CT molecular complexity index is 589. The molecular weight excluding hydrogens is 248 g/mol. The lowest BCUT2D eigenvalue weighted by atomic mass is 10.2. The predicted octanol–water partition coefficient (Wildman–Crippen LogP) is 2.01. The zero-order valence-electron chi connectivity index (χ0n) is 10.2. The quantitative estimate of drug-likeness (QED) is 0.653. The van der Waals surface area contributed by atoms with Gasteiger partial charge in [0.25, 0.3) is 0 Å². The fourth-order valence-corrected chi connectivity index (χ4v) is 1.55. The topological polar surface area (TPSA) is 90.2 Å². The average molecular weight is 260 g/mol. The van der Waals surface area contributed by atoms with E-state index in [1.165, 1.54) is 13.3 Å². The van der Waals surface area contributed by atoms with Crippen LogP contribution in [0.1, 0.15) is 5.56 Å². The van der Waals surface area contributed by atoms with Gasteiger partial charge < -0.3 is 20.2 Å². The highest BCUT2D eigenvalue weighted by atomic mass is 16.6. The molecular formula is C12H12N4O3. The molecule has 0 radical (unpaired) electrons. The number of hydrogen-bond donors (Lipinski definition) is 1. The third kappa shape index (κ3) is 3.15. The highest BCUT2D eigenvalue weighted by molar-refractivity contribution is 5.56. The maximum Gasteiger partial charge on any atom is 0.386 e. The molecule has 0 aliphatic heterocycles. The van der Waals surface area contributed by atoms with Crippen LogP contribution in [0.25, 0.3) is 0 Å². The van der Waals surface area contributed by atoms with E-state index in [1.54, 1.807) is 30.5 Å². The molecule has 0 amide bonds. The molecule has 7 nitrogen and oxygen atoms in total. The van der Waals surface area contributed by atoms with E-state index < -0.39 is 4.92 Å². The number of pyridine rings is 2. The summed E-state index contributed by atoms with van der Waals surface area (Å²) in [6.45, 7) is 0.422. The van der Waals surface area contributed by atoms with Gasteiger partial charge in [0.1, 0.15) is 11.9 Å². The van der Waals surface area contributed by atoms with Gasteiger partial charge in [-0.15, -0.1) is 0 Å². The van der Waals surface area contributed by atoms with Gasteiger partial charge in [0.15, 0.2) is 0 Å². The number of nitro groups is 1. The van der Waals surface area contributed by atoms with E-state index in [2.05, 4.69) is 15.3 Å². The molecule has 0 aliphatic rings. The standard InChI is InChI=1S/C12H12N4O3/c1-19-11-7-9(4-6-13-11)8-15-10-3-2-5-14-12(10)16(17)18/h2-7,15H,8H2,1H3. The van der Waals surface area contributed by atoms with Gasteiger partial charge in [-0.25, -0.2) is 4.98 Å². The lowest BCUT2D eigenvalue weighted by Crippen LogP contribution is -2.04. The van der Waals surface area contributed by atoms with Crippen LogP contribution < -0.4 is 10.1 Å². The number of nitrogens with one attached hydrogen (secondary N) is 1. The predicted molar refractivity (Wildman–Crippen MR) is 69.0 cm³/mol. The van der Waals surface area contributed by atoms with Crippen molar-refractivity contribution >= 4 is 11.5 Å². The lowest BCUT2D eigenvalue weighted by molar-refractivity contribution is -0.388. The van der Waals surface area contributed by atoms with Crippen LogP contribution in [0, 0.1) is 10.1 Å². The summed E-state index contributed by atoms with van der Waals surface area (Å²) in [5, 5.41) is 13.8. The Morgan fingerprint density at radius 1 is 1.37 bits per heavy atom. The SMILES string of the molecule is COc1cc(CNc2cccnc2[N+](=O)[O-])ccn1. The number of methoxy groups -OCH3 is 1. The average Bonchev–Trinajstić information content (AvgIpc) is 2.45. The molecule has 0 saturated carbocycles. The Hall–Kier alpha value is -2.70. The first-order chi connectivity index (χ1) is 9.20. The second-order valence-electron chi connectivity index (χ2n) is 3.69. The number of rotatable bonds is 5. The van der Waals surface area contributed by atoms with E-state index in [9.17, 15) is 10.1 Å². The smallest absolute Gasteiger partial charge is 0.386 e. The summed E-state index contributed by atoms with van der Waals surface area (Å²) in [7, 11) is 1.53. The molecule has 2 aromatic heterocycles. The van der Waals surface area contributed by atoms with Crippen molar-refractivity contribution in [3.63, 3.8) is 0 Å². The molecule has 0 unspecified atom stereocenters. The van der Waals surface area contributed by atoms with Gasteiger partial charge in [-0.05, 0) is 33.7 Å². The minimum Gasteiger partial charge on any atom is -0.481 e. The zero-order valence-corrected chi connectivity index (χ0v) is 10.2. The van der Waals surface area contributed by atoms with E-state index in [4.69, 9.17) is 4.74 Å². The van der Waals surface area contributed by atoms with Gasteiger partial charge in [0.05, 0.1) is 7.11 Å². The van der Waals surface area contributed by atoms with E-state index in [0.29, 0.717) is 18.1 Å². The van der Waals surface area contributed by atoms with Crippen molar-refractivity contribution in [3.8, 4) is 5.88 Å². The van der Waals surface area contributed by atoms with Gasteiger partial charge in [-0.2, -0.15) is 0 Å². The van der Waals surface area contributed by atoms with Crippen LogP contribution in [-0.2, 0) is 6.54 Å².